The van der Waals surface area contributed by atoms with Gasteiger partial charge in [-0.1, -0.05) is 37.3 Å². The van der Waals surface area contributed by atoms with Gasteiger partial charge in [-0.25, -0.2) is 8.42 Å². The lowest BCUT2D eigenvalue weighted by Crippen LogP contribution is -2.42. The van der Waals surface area contributed by atoms with Gasteiger partial charge in [-0.15, -0.1) is 0 Å². The van der Waals surface area contributed by atoms with Crippen molar-refractivity contribution in [2.75, 3.05) is 18.0 Å². The SMILES string of the molecule is CC[C@H](NC(=O)CN(c1ccc([N+](=O)[O-])cc1)S(=O)(=O)c1ccccc1)c1ccc(OC)cc1. The molecule has 0 spiro atoms. The van der Waals surface area contributed by atoms with Gasteiger partial charge in [-0.2, -0.15) is 0 Å². The van der Waals surface area contributed by atoms with Gasteiger partial charge in [0.25, 0.3) is 15.7 Å². The van der Waals surface area contributed by atoms with Gasteiger partial charge in [0, 0.05) is 12.1 Å². The van der Waals surface area contributed by atoms with Gasteiger partial charge in [0.05, 0.1) is 28.7 Å². The number of carbonyl (C=O) groups is 1. The lowest BCUT2D eigenvalue weighted by Gasteiger charge is -2.25. The van der Waals surface area contributed by atoms with Crippen molar-refractivity contribution in [2.24, 2.45) is 0 Å². The minimum absolute atomic E-state index is 0.00310. The van der Waals surface area contributed by atoms with Crippen molar-refractivity contribution in [1.82, 2.24) is 5.32 Å². The van der Waals surface area contributed by atoms with Crippen molar-refractivity contribution >= 4 is 27.3 Å². The fourth-order valence-electron chi connectivity index (χ4n) is 3.40. The number of non-ortho nitro benzene ring substituents is 1. The first-order valence-electron chi connectivity index (χ1n) is 10.5. The van der Waals surface area contributed by atoms with E-state index in [9.17, 15) is 23.3 Å². The predicted octanol–water partition coefficient (Wildman–Crippen LogP) is 4.07. The molecule has 0 saturated carbocycles. The molecule has 1 N–H and O–H groups in total. The number of hydrogen-bond donors (Lipinski definition) is 1. The lowest BCUT2D eigenvalue weighted by molar-refractivity contribution is -0.384. The average molecular weight is 484 g/mol. The van der Waals surface area contributed by atoms with Crippen LogP contribution in [0.25, 0.3) is 0 Å². The molecular formula is C24H25N3O6S. The highest BCUT2D eigenvalue weighted by Crippen LogP contribution is 2.26. The highest BCUT2D eigenvalue weighted by Gasteiger charge is 2.28. The Morgan fingerprint density at radius 2 is 1.65 bits per heavy atom. The molecule has 0 saturated heterocycles. The quantitative estimate of drug-likeness (QED) is 0.343. The first-order chi connectivity index (χ1) is 16.3. The maximum Gasteiger partial charge on any atom is 0.269 e. The number of amides is 1. The fourth-order valence-corrected chi connectivity index (χ4v) is 4.85. The fraction of sp³-hybridized carbons (Fsp3) is 0.208. The second-order valence-electron chi connectivity index (χ2n) is 7.40. The first kappa shape index (κ1) is 24.7. The molecular weight excluding hydrogens is 458 g/mol. The van der Waals surface area contributed by atoms with Gasteiger partial charge in [0.1, 0.15) is 12.3 Å². The van der Waals surface area contributed by atoms with Crippen molar-refractivity contribution in [3.05, 3.63) is 94.5 Å². The zero-order chi connectivity index (χ0) is 24.7. The van der Waals surface area contributed by atoms with Crippen LogP contribution in [0.1, 0.15) is 24.9 Å². The highest BCUT2D eigenvalue weighted by molar-refractivity contribution is 7.92. The molecule has 34 heavy (non-hydrogen) atoms. The summed E-state index contributed by atoms with van der Waals surface area (Å²) in [5.41, 5.74) is 0.808. The molecule has 3 aromatic rings. The summed E-state index contributed by atoms with van der Waals surface area (Å²) in [5.74, 6) is 0.170. The topological polar surface area (TPSA) is 119 Å². The number of methoxy groups -OCH3 is 1. The summed E-state index contributed by atoms with van der Waals surface area (Å²) in [6.45, 7) is 1.41. The molecule has 0 aliphatic carbocycles. The number of nitro groups is 1. The zero-order valence-corrected chi connectivity index (χ0v) is 19.6. The summed E-state index contributed by atoms with van der Waals surface area (Å²) in [4.78, 5) is 23.4. The van der Waals surface area contributed by atoms with Gasteiger partial charge in [0.15, 0.2) is 0 Å². The number of hydrogen-bond acceptors (Lipinski definition) is 6. The third-order valence-corrected chi connectivity index (χ3v) is 7.02. The second-order valence-corrected chi connectivity index (χ2v) is 9.26. The molecule has 0 aliphatic rings. The molecule has 0 aromatic heterocycles. The lowest BCUT2D eigenvalue weighted by atomic mass is 10.0. The summed E-state index contributed by atoms with van der Waals surface area (Å²) < 4.78 is 32.9. The monoisotopic (exact) mass is 483 g/mol. The maximum atomic E-state index is 13.4. The number of nitrogens with one attached hydrogen (secondary N) is 1. The summed E-state index contributed by atoms with van der Waals surface area (Å²) in [7, 11) is -2.55. The third-order valence-electron chi connectivity index (χ3n) is 5.23. The highest BCUT2D eigenvalue weighted by atomic mass is 32.2. The van der Waals surface area contributed by atoms with Crippen molar-refractivity contribution < 1.29 is 22.9 Å². The van der Waals surface area contributed by atoms with Crippen LogP contribution in [0.2, 0.25) is 0 Å². The molecule has 0 heterocycles. The zero-order valence-electron chi connectivity index (χ0n) is 18.7. The van der Waals surface area contributed by atoms with Crippen molar-refractivity contribution in [3.63, 3.8) is 0 Å². The van der Waals surface area contributed by atoms with Crippen LogP contribution in [0.4, 0.5) is 11.4 Å². The molecule has 0 radical (unpaired) electrons. The Balaban J connectivity index is 1.89. The molecule has 10 heteroatoms. The smallest absolute Gasteiger partial charge is 0.269 e. The summed E-state index contributed by atoms with van der Waals surface area (Å²) in [6.07, 6.45) is 0.584. The van der Waals surface area contributed by atoms with E-state index in [4.69, 9.17) is 4.74 Å². The second kappa shape index (κ2) is 10.8. The van der Waals surface area contributed by atoms with E-state index in [1.165, 1.54) is 36.4 Å². The van der Waals surface area contributed by atoms with E-state index in [1.54, 1.807) is 37.4 Å². The van der Waals surface area contributed by atoms with E-state index in [0.717, 1.165) is 9.87 Å². The first-order valence-corrected chi connectivity index (χ1v) is 12.0. The van der Waals surface area contributed by atoms with Crippen LogP contribution < -0.4 is 14.4 Å². The van der Waals surface area contributed by atoms with Crippen LogP contribution in [0.3, 0.4) is 0 Å². The summed E-state index contributed by atoms with van der Waals surface area (Å²) in [6, 6.07) is 19.6. The number of sulfonamides is 1. The van der Waals surface area contributed by atoms with Gasteiger partial charge in [0.2, 0.25) is 5.91 Å². The minimum Gasteiger partial charge on any atom is -0.497 e. The van der Waals surface area contributed by atoms with E-state index in [2.05, 4.69) is 5.32 Å². The van der Waals surface area contributed by atoms with Crippen LogP contribution in [-0.2, 0) is 14.8 Å². The number of nitro benzene ring substituents is 1. The van der Waals surface area contributed by atoms with E-state index < -0.39 is 27.4 Å². The molecule has 1 amide bonds. The molecule has 0 unspecified atom stereocenters. The molecule has 0 fully saturated rings. The van der Waals surface area contributed by atoms with E-state index in [-0.39, 0.29) is 22.3 Å². The van der Waals surface area contributed by atoms with Crippen LogP contribution in [0, 0.1) is 10.1 Å². The average Bonchev–Trinajstić information content (AvgIpc) is 2.86. The largest absolute Gasteiger partial charge is 0.497 e. The Morgan fingerprint density at radius 3 is 2.18 bits per heavy atom. The molecule has 0 aliphatic heterocycles. The van der Waals surface area contributed by atoms with Crippen LogP contribution in [-0.4, -0.2) is 32.9 Å². The Labute approximate surface area is 198 Å². The van der Waals surface area contributed by atoms with Crippen LogP contribution in [0.15, 0.2) is 83.8 Å². The number of ether oxygens (including phenoxy) is 1. The maximum absolute atomic E-state index is 13.4. The van der Waals surface area contributed by atoms with E-state index >= 15 is 0 Å². The Morgan fingerprint density at radius 1 is 1.03 bits per heavy atom. The summed E-state index contributed by atoms with van der Waals surface area (Å²) in [5, 5.41) is 13.9. The molecule has 0 bridgehead atoms. The van der Waals surface area contributed by atoms with Crippen LogP contribution in [0.5, 0.6) is 5.75 Å². The molecule has 3 aromatic carbocycles. The normalized spacial score (nSPS) is 11.9. The van der Waals surface area contributed by atoms with E-state index in [0.29, 0.717) is 12.2 Å². The molecule has 1 atom stereocenters. The van der Waals surface area contributed by atoms with Gasteiger partial charge in [-0.3, -0.25) is 19.2 Å². The van der Waals surface area contributed by atoms with Crippen molar-refractivity contribution in [2.45, 2.75) is 24.3 Å². The number of carbonyl (C=O) groups excluding carboxylic acids is 1. The van der Waals surface area contributed by atoms with Gasteiger partial charge in [-0.05, 0) is 48.4 Å². The van der Waals surface area contributed by atoms with Gasteiger partial charge < -0.3 is 10.1 Å². The number of benzene rings is 3. The van der Waals surface area contributed by atoms with Crippen molar-refractivity contribution in [1.29, 1.82) is 0 Å². The number of nitrogens with zero attached hydrogens (tertiary/aromatic N) is 2. The van der Waals surface area contributed by atoms with Crippen LogP contribution >= 0.6 is 0 Å². The number of anilines is 1. The minimum atomic E-state index is -4.11. The molecule has 9 nitrogen and oxygen atoms in total. The molecule has 3 rings (SSSR count). The van der Waals surface area contributed by atoms with E-state index in [1.807, 2.05) is 19.1 Å². The third kappa shape index (κ3) is 5.70. The van der Waals surface area contributed by atoms with Crippen molar-refractivity contribution in [3.8, 4) is 5.75 Å². The molecule has 178 valence electrons. The summed E-state index contributed by atoms with van der Waals surface area (Å²) >= 11 is 0. The Hall–Kier alpha value is -3.92. The predicted molar refractivity (Wildman–Crippen MR) is 128 cm³/mol. The Bertz CT molecular complexity index is 1230. The standard InChI is InChI=1S/C24H25N3O6S/c1-3-23(18-9-15-21(33-2)16-10-18)25-24(28)17-26(19-11-13-20(14-12-19)27(29)30)34(31,32)22-7-5-4-6-8-22/h4-16,23H,3,17H2,1-2H3,(H,25,28)/t23-/m0/s1. The number of rotatable bonds is 10. The van der Waals surface area contributed by atoms with Gasteiger partial charge >= 0.3 is 0 Å². The Kier molecular flexibility index (Phi) is 7.85.